The molecule has 0 spiro atoms. The van der Waals surface area contributed by atoms with Gasteiger partial charge in [0.2, 0.25) is 0 Å². The van der Waals surface area contributed by atoms with Gasteiger partial charge >= 0.3 is 6.18 Å². The van der Waals surface area contributed by atoms with Crippen molar-refractivity contribution in [2.45, 2.75) is 25.6 Å². The van der Waals surface area contributed by atoms with Crippen LogP contribution in [0.5, 0.6) is 5.75 Å². The average Bonchev–Trinajstić information content (AvgIpc) is 2.30. The number of methoxy groups -OCH3 is 1. The Bertz CT molecular complexity index is 346. The molecule has 0 saturated carbocycles. The molecule has 0 aliphatic heterocycles. The van der Waals surface area contributed by atoms with Crippen LogP contribution >= 0.6 is 0 Å². The van der Waals surface area contributed by atoms with Crippen LogP contribution in [0.3, 0.4) is 0 Å². The van der Waals surface area contributed by atoms with Gasteiger partial charge in [-0.15, -0.1) is 0 Å². The van der Waals surface area contributed by atoms with E-state index in [1.54, 1.807) is 7.11 Å². The fourth-order valence-electron chi connectivity index (χ4n) is 1.30. The molecule has 0 aliphatic carbocycles. The predicted octanol–water partition coefficient (Wildman–Crippen LogP) is 3.51. The molecule has 1 aromatic carbocycles. The van der Waals surface area contributed by atoms with Crippen molar-refractivity contribution in [3.63, 3.8) is 0 Å². The van der Waals surface area contributed by atoms with Crippen LogP contribution in [0.4, 0.5) is 13.2 Å². The van der Waals surface area contributed by atoms with Gasteiger partial charge in [-0.2, -0.15) is 13.2 Å². The zero-order valence-corrected chi connectivity index (χ0v) is 9.75. The second kappa shape index (κ2) is 5.91. The molecular weight excluding hydrogens is 233 g/mol. The molecule has 17 heavy (non-hydrogen) atoms. The summed E-state index contributed by atoms with van der Waals surface area (Å²) in [6.07, 6.45) is -3.70. The van der Waals surface area contributed by atoms with Crippen LogP contribution in [0.1, 0.15) is 18.9 Å². The van der Waals surface area contributed by atoms with Gasteiger partial charge in [-0.25, -0.2) is 0 Å². The average molecular weight is 248 g/mol. The molecular formula is C12H15F3O2. The van der Waals surface area contributed by atoms with Crippen molar-refractivity contribution in [2.24, 2.45) is 0 Å². The minimum atomic E-state index is -4.34. The third-order valence-corrected chi connectivity index (χ3v) is 2.39. The quantitative estimate of drug-likeness (QED) is 0.793. The molecule has 0 heterocycles. The van der Waals surface area contributed by atoms with Gasteiger partial charge in [0.25, 0.3) is 0 Å². The van der Waals surface area contributed by atoms with E-state index in [1.165, 1.54) is 12.1 Å². The molecule has 0 fully saturated rings. The van der Waals surface area contributed by atoms with Gasteiger partial charge in [-0.05, 0) is 24.6 Å². The summed E-state index contributed by atoms with van der Waals surface area (Å²) in [6, 6.07) is 4.83. The van der Waals surface area contributed by atoms with E-state index in [0.29, 0.717) is 0 Å². The first kappa shape index (κ1) is 13.8. The van der Waals surface area contributed by atoms with Crippen LogP contribution in [-0.2, 0) is 10.9 Å². The lowest BCUT2D eigenvalue weighted by Crippen LogP contribution is -2.19. The van der Waals surface area contributed by atoms with Gasteiger partial charge in [-0.1, -0.05) is 13.0 Å². The third-order valence-electron chi connectivity index (χ3n) is 2.39. The second-order valence-corrected chi connectivity index (χ2v) is 3.60. The van der Waals surface area contributed by atoms with Crippen molar-refractivity contribution in [3.05, 3.63) is 29.8 Å². The highest BCUT2D eigenvalue weighted by molar-refractivity contribution is 5.30. The zero-order valence-electron chi connectivity index (χ0n) is 9.75. The lowest BCUT2D eigenvalue weighted by molar-refractivity contribution is -0.137. The Morgan fingerprint density at radius 2 is 2.00 bits per heavy atom. The Morgan fingerprint density at radius 1 is 1.29 bits per heavy atom. The summed E-state index contributed by atoms with van der Waals surface area (Å²) in [4.78, 5) is 0. The zero-order chi connectivity index (χ0) is 12.9. The monoisotopic (exact) mass is 248 g/mol. The van der Waals surface area contributed by atoms with E-state index in [4.69, 9.17) is 9.47 Å². The van der Waals surface area contributed by atoms with Crippen molar-refractivity contribution in [1.29, 1.82) is 0 Å². The van der Waals surface area contributed by atoms with Gasteiger partial charge in [0.1, 0.15) is 12.4 Å². The topological polar surface area (TPSA) is 18.5 Å². The Labute approximate surface area is 98.3 Å². The maximum Gasteiger partial charge on any atom is 0.416 e. The molecule has 1 atom stereocenters. The number of hydrogen-bond donors (Lipinski definition) is 0. The molecule has 0 amide bonds. The molecule has 1 unspecified atom stereocenters. The molecule has 2 nitrogen and oxygen atoms in total. The highest BCUT2D eigenvalue weighted by atomic mass is 19.4. The second-order valence-electron chi connectivity index (χ2n) is 3.60. The summed E-state index contributed by atoms with van der Waals surface area (Å²) in [5, 5.41) is 0. The molecule has 5 heteroatoms. The largest absolute Gasteiger partial charge is 0.491 e. The Balaban J connectivity index is 2.66. The number of hydrogen-bond acceptors (Lipinski definition) is 2. The summed E-state index contributed by atoms with van der Waals surface area (Å²) in [7, 11) is 1.55. The maximum absolute atomic E-state index is 12.4. The smallest absolute Gasteiger partial charge is 0.416 e. The predicted molar refractivity (Wildman–Crippen MR) is 58.0 cm³/mol. The van der Waals surface area contributed by atoms with Gasteiger partial charge in [0.15, 0.2) is 0 Å². The Hall–Kier alpha value is -1.23. The van der Waals surface area contributed by atoms with Crippen LogP contribution in [0, 0.1) is 0 Å². The highest BCUT2D eigenvalue weighted by Crippen LogP contribution is 2.31. The number of rotatable bonds is 5. The summed E-state index contributed by atoms with van der Waals surface area (Å²) in [5.74, 6) is 0.204. The number of alkyl halides is 3. The van der Waals surface area contributed by atoms with Crippen LogP contribution in [-0.4, -0.2) is 19.8 Å². The van der Waals surface area contributed by atoms with Crippen molar-refractivity contribution in [1.82, 2.24) is 0 Å². The normalized spacial score (nSPS) is 13.5. The summed E-state index contributed by atoms with van der Waals surface area (Å²) in [6.45, 7) is 2.16. The molecule has 1 rings (SSSR count). The van der Waals surface area contributed by atoms with Crippen molar-refractivity contribution in [2.75, 3.05) is 13.7 Å². The SMILES string of the molecule is CCC(COc1cccc(C(F)(F)F)c1)OC. The van der Waals surface area contributed by atoms with Crippen molar-refractivity contribution in [3.8, 4) is 5.75 Å². The first-order valence-corrected chi connectivity index (χ1v) is 5.30. The lowest BCUT2D eigenvalue weighted by atomic mass is 10.2. The fraction of sp³-hybridized carbons (Fsp3) is 0.500. The van der Waals surface area contributed by atoms with E-state index in [1.807, 2.05) is 6.92 Å². The minimum Gasteiger partial charge on any atom is -0.491 e. The Kier molecular flexibility index (Phi) is 4.81. The minimum absolute atomic E-state index is 0.107. The van der Waals surface area contributed by atoms with Crippen LogP contribution in [0.25, 0.3) is 0 Å². The van der Waals surface area contributed by atoms with Crippen molar-refractivity contribution >= 4 is 0 Å². The molecule has 0 aliphatic rings. The highest BCUT2D eigenvalue weighted by Gasteiger charge is 2.30. The standard InChI is InChI=1S/C12H15F3O2/c1-3-10(16-2)8-17-11-6-4-5-9(7-11)12(13,14)15/h4-7,10H,3,8H2,1-2H3. The number of ether oxygens (including phenoxy) is 2. The van der Waals surface area contributed by atoms with E-state index >= 15 is 0 Å². The van der Waals surface area contributed by atoms with Gasteiger partial charge < -0.3 is 9.47 Å². The fourth-order valence-corrected chi connectivity index (χ4v) is 1.30. The van der Waals surface area contributed by atoms with Gasteiger partial charge in [-0.3, -0.25) is 0 Å². The molecule has 0 saturated heterocycles. The maximum atomic E-state index is 12.4. The Morgan fingerprint density at radius 3 is 2.53 bits per heavy atom. The van der Waals surface area contributed by atoms with E-state index in [0.717, 1.165) is 18.6 Å². The van der Waals surface area contributed by atoms with E-state index in [9.17, 15) is 13.2 Å². The molecule has 0 aromatic heterocycles. The first-order chi connectivity index (χ1) is 7.97. The van der Waals surface area contributed by atoms with E-state index in [-0.39, 0.29) is 18.5 Å². The van der Waals surface area contributed by atoms with E-state index < -0.39 is 11.7 Å². The van der Waals surface area contributed by atoms with Gasteiger partial charge in [0, 0.05) is 7.11 Å². The summed E-state index contributed by atoms with van der Waals surface area (Å²) in [5.41, 5.74) is -0.708. The molecule has 0 radical (unpaired) electrons. The van der Waals surface area contributed by atoms with Gasteiger partial charge in [0.05, 0.1) is 11.7 Å². The summed E-state index contributed by atoms with van der Waals surface area (Å²) < 4.78 is 47.6. The first-order valence-electron chi connectivity index (χ1n) is 5.30. The van der Waals surface area contributed by atoms with E-state index in [2.05, 4.69) is 0 Å². The number of benzene rings is 1. The van der Waals surface area contributed by atoms with Crippen LogP contribution in [0.2, 0.25) is 0 Å². The van der Waals surface area contributed by atoms with Crippen LogP contribution < -0.4 is 4.74 Å². The summed E-state index contributed by atoms with van der Waals surface area (Å²) >= 11 is 0. The van der Waals surface area contributed by atoms with Crippen molar-refractivity contribution < 1.29 is 22.6 Å². The molecule has 96 valence electrons. The molecule has 1 aromatic rings. The molecule has 0 N–H and O–H groups in total. The molecule has 0 bridgehead atoms. The lowest BCUT2D eigenvalue weighted by Gasteiger charge is -2.15. The van der Waals surface area contributed by atoms with Crippen LogP contribution in [0.15, 0.2) is 24.3 Å². The third kappa shape index (κ3) is 4.26. The number of halogens is 3.